The Kier molecular flexibility index (Phi) is 4.28. The molecular formula is C15H12F3NO2. The minimum atomic E-state index is -4.87. The van der Waals surface area contributed by atoms with Crippen LogP contribution < -0.4 is 10.5 Å². The topological polar surface area (TPSA) is 52.3 Å². The second kappa shape index (κ2) is 5.97. The molecule has 0 amide bonds. The van der Waals surface area contributed by atoms with Gasteiger partial charge in [-0.05, 0) is 17.7 Å². The van der Waals surface area contributed by atoms with Gasteiger partial charge in [0.25, 0.3) is 0 Å². The number of rotatable bonds is 4. The molecule has 1 atom stereocenters. The van der Waals surface area contributed by atoms with Crippen LogP contribution in [0.3, 0.4) is 0 Å². The van der Waals surface area contributed by atoms with Crippen molar-refractivity contribution >= 4 is 5.78 Å². The summed E-state index contributed by atoms with van der Waals surface area (Å²) in [6, 6.07) is 12.5. The fourth-order valence-electron chi connectivity index (χ4n) is 1.86. The van der Waals surface area contributed by atoms with Crippen molar-refractivity contribution in [3.63, 3.8) is 0 Å². The van der Waals surface area contributed by atoms with Gasteiger partial charge in [-0.1, -0.05) is 42.5 Å². The lowest BCUT2D eigenvalue weighted by atomic mass is 9.98. The SMILES string of the molecule is NC(C(=O)c1ccccc1OC(F)(F)F)c1ccccc1. The number of alkyl halides is 3. The molecule has 0 bridgehead atoms. The first kappa shape index (κ1) is 15.1. The number of para-hydroxylation sites is 1. The van der Waals surface area contributed by atoms with Crippen molar-refractivity contribution < 1.29 is 22.7 Å². The zero-order chi connectivity index (χ0) is 15.5. The maximum absolute atomic E-state index is 12.3. The molecule has 0 aliphatic heterocycles. The summed E-state index contributed by atoms with van der Waals surface area (Å²) in [5.41, 5.74) is 6.13. The monoisotopic (exact) mass is 295 g/mol. The van der Waals surface area contributed by atoms with Crippen LogP contribution in [0, 0.1) is 0 Å². The normalized spacial score (nSPS) is 12.8. The van der Waals surface area contributed by atoms with E-state index in [4.69, 9.17) is 5.73 Å². The van der Waals surface area contributed by atoms with E-state index < -0.39 is 23.9 Å². The second-order valence-corrected chi connectivity index (χ2v) is 4.30. The van der Waals surface area contributed by atoms with Gasteiger partial charge in [0, 0.05) is 0 Å². The number of hydrogen-bond acceptors (Lipinski definition) is 3. The summed E-state index contributed by atoms with van der Waals surface area (Å²) in [4.78, 5) is 12.3. The predicted octanol–water partition coefficient (Wildman–Crippen LogP) is 3.47. The third-order valence-electron chi connectivity index (χ3n) is 2.82. The molecule has 2 aromatic carbocycles. The molecular weight excluding hydrogens is 283 g/mol. The Balaban J connectivity index is 2.31. The standard InChI is InChI=1S/C15H12F3NO2/c16-15(17,18)21-12-9-5-4-8-11(12)14(20)13(19)10-6-2-1-3-7-10/h1-9,13H,19H2. The van der Waals surface area contributed by atoms with Gasteiger partial charge in [0.05, 0.1) is 11.6 Å². The smallest absolute Gasteiger partial charge is 0.405 e. The van der Waals surface area contributed by atoms with Crippen LogP contribution in [0.2, 0.25) is 0 Å². The molecule has 0 radical (unpaired) electrons. The van der Waals surface area contributed by atoms with E-state index in [1.807, 2.05) is 0 Å². The Morgan fingerprint density at radius 3 is 2.19 bits per heavy atom. The summed E-state index contributed by atoms with van der Waals surface area (Å²) in [6.45, 7) is 0. The van der Waals surface area contributed by atoms with E-state index >= 15 is 0 Å². The number of ether oxygens (including phenoxy) is 1. The molecule has 3 nitrogen and oxygen atoms in total. The van der Waals surface area contributed by atoms with Crippen molar-refractivity contribution in [3.05, 3.63) is 65.7 Å². The molecule has 0 aromatic heterocycles. The van der Waals surface area contributed by atoms with Crippen LogP contribution >= 0.6 is 0 Å². The zero-order valence-electron chi connectivity index (χ0n) is 10.8. The van der Waals surface area contributed by atoms with Crippen LogP contribution in [0.25, 0.3) is 0 Å². The summed E-state index contributed by atoms with van der Waals surface area (Å²) in [7, 11) is 0. The van der Waals surface area contributed by atoms with Gasteiger partial charge in [-0.2, -0.15) is 0 Å². The molecule has 0 spiro atoms. The number of hydrogen-bond donors (Lipinski definition) is 1. The summed E-state index contributed by atoms with van der Waals surface area (Å²) in [6.07, 6.45) is -4.87. The largest absolute Gasteiger partial charge is 0.573 e. The fourth-order valence-corrected chi connectivity index (χ4v) is 1.86. The van der Waals surface area contributed by atoms with Gasteiger partial charge in [-0.25, -0.2) is 0 Å². The molecule has 2 N–H and O–H groups in total. The average Bonchev–Trinajstić information content (AvgIpc) is 2.45. The minimum absolute atomic E-state index is 0.203. The highest BCUT2D eigenvalue weighted by atomic mass is 19.4. The van der Waals surface area contributed by atoms with Gasteiger partial charge in [-0.3, -0.25) is 4.79 Å². The molecule has 0 saturated carbocycles. The Morgan fingerprint density at radius 2 is 1.57 bits per heavy atom. The Bertz CT molecular complexity index is 626. The summed E-state index contributed by atoms with van der Waals surface area (Å²) in [5.74, 6) is -1.19. The number of benzene rings is 2. The highest BCUT2D eigenvalue weighted by Gasteiger charge is 2.33. The van der Waals surface area contributed by atoms with Crippen molar-refractivity contribution in [3.8, 4) is 5.75 Å². The van der Waals surface area contributed by atoms with E-state index in [9.17, 15) is 18.0 Å². The quantitative estimate of drug-likeness (QED) is 0.879. The summed E-state index contributed by atoms with van der Waals surface area (Å²) < 4.78 is 40.9. The number of carbonyl (C=O) groups excluding carboxylic acids is 1. The number of halogens is 3. The third kappa shape index (κ3) is 3.82. The first-order valence-corrected chi connectivity index (χ1v) is 6.08. The highest BCUT2D eigenvalue weighted by Crippen LogP contribution is 2.28. The van der Waals surface area contributed by atoms with Gasteiger partial charge >= 0.3 is 6.36 Å². The molecule has 0 fully saturated rings. The van der Waals surface area contributed by atoms with Crippen molar-refractivity contribution in [2.45, 2.75) is 12.4 Å². The van der Waals surface area contributed by atoms with Crippen LogP contribution in [-0.2, 0) is 0 Å². The molecule has 0 aliphatic carbocycles. The van der Waals surface area contributed by atoms with Crippen molar-refractivity contribution in [2.75, 3.05) is 0 Å². The zero-order valence-corrected chi connectivity index (χ0v) is 10.8. The molecule has 2 rings (SSSR count). The number of Topliss-reactive ketones (excluding diaryl/α,β-unsaturated/α-hetero) is 1. The van der Waals surface area contributed by atoms with E-state index in [0.717, 1.165) is 6.07 Å². The lowest BCUT2D eigenvalue weighted by Gasteiger charge is -2.15. The van der Waals surface area contributed by atoms with Crippen LogP contribution in [-0.4, -0.2) is 12.1 Å². The summed E-state index contributed by atoms with van der Waals surface area (Å²) in [5, 5.41) is 0. The molecule has 6 heteroatoms. The molecule has 21 heavy (non-hydrogen) atoms. The van der Waals surface area contributed by atoms with Crippen LogP contribution in [0.4, 0.5) is 13.2 Å². The third-order valence-corrected chi connectivity index (χ3v) is 2.82. The number of carbonyl (C=O) groups is 1. The van der Waals surface area contributed by atoms with E-state index in [0.29, 0.717) is 5.56 Å². The van der Waals surface area contributed by atoms with Crippen molar-refractivity contribution in [1.29, 1.82) is 0 Å². The Hall–Kier alpha value is -2.34. The van der Waals surface area contributed by atoms with E-state index in [-0.39, 0.29) is 5.56 Å². The van der Waals surface area contributed by atoms with Crippen LogP contribution in [0.5, 0.6) is 5.75 Å². The fraction of sp³-hybridized carbons (Fsp3) is 0.133. The van der Waals surface area contributed by atoms with Gasteiger partial charge in [-0.15, -0.1) is 13.2 Å². The lowest BCUT2D eigenvalue weighted by Crippen LogP contribution is -2.24. The van der Waals surface area contributed by atoms with E-state index in [1.54, 1.807) is 30.3 Å². The number of nitrogens with two attached hydrogens (primary N) is 1. The van der Waals surface area contributed by atoms with Gasteiger partial charge in [0.1, 0.15) is 5.75 Å². The van der Waals surface area contributed by atoms with Crippen LogP contribution in [0.15, 0.2) is 54.6 Å². The van der Waals surface area contributed by atoms with E-state index in [2.05, 4.69) is 4.74 Å². The second-order valence-electron chi connectivity index (χ2n) is 4.30. The molecule has 0 saturated heterocycles. The average molecular weight is 295 g/mol. The molecule has 2 aromatic rings. The molecule has 0 aliphatic rings. The first-order chi connectivity index (χ1) is 9.88. The lowest BCUT2D eigenvalue weighted by molar-refractivity contribution is -0.274. The Labute approximate surface area is 119 Å². The number of ketones is 1. The summed E-state index contributed by atoms with van der Waals surface area (Å²) >= 11 is 0. The maximum atomic E-state index is 12.3. The van der Waals surface area contributed by atoms with Crippen molar-refractivity contribution in [1.82, 2.24) is 0 Å². The van der Waals surface area contributed by atoms with E-state index in [1.165, 1.54) is 18.2 Å². The first-order valence-electron chi connectivity index (χ1n) is 6.08. The molecule has 110 valence electrons. The molecule has 1 unspecified atom stereocenters. The Morgan fingerprint density at radius 1 is 1.00 bits per heavy atom. The maximum Gasteiger partial charge on any atom is 0.573 e. The van der Waals surface area contributed by atoms with Gasteiger partial charge in [0.15, 0.2) is 5.78 Å². The van der Waals surface area contributed by atoms with Gasteiger partial charge < -0.3 is 10.5 Å². The van der Waals surface area contributed by atoms with Crippen LogP contribution in [0.1, 0.15) is 22.0 Å². The molecule has 0 heterocycles. The van der Waals surface area contributed by atoms with Gasteiger partial charge in [0.2, 0.25) is 0 Å². The predicted molar refractivity (Wildman–Crippen MR) is 70.8 cm³/mol. The minimum Gasteiger partial charge on any atom is -0.405 e. The van der Waals surface area contributed by atoms with Crippen molar-refractivity contribution in [2.24, 2.45) is 5.73 Å². The highest BCUT2D eigenvalue weighted by molar-refractivity contribution is 6.02.